The van der Waals surface area contributed by atoms with Crippen LogP contribution in [0.15, 0.2) is 52.4 Å². The summed E-state index contributed by atoms with van der Waals surface area (Å²) in [4.78, 5) is 54.4. The second-order valence-electron chi connectivity index (χ2n) is 8.42. The molecule has 2 aromatic carbocycles. The molecule has 10 nitrogen and oxygen atoms in total. The number of fused-ring (bicyclic) bond motifs is 3. The first-order chi connectivity index (χ1) is 17.7. The SMILES string of the molecule is CCCCSc1n[n+]2c(c(=O)[nH]1)-c1ccccc1N(C(C)=O)C2c1ccc(OC(C)=O)cc1OC(C)=O. The van der Waals surface area contributed by atoms with Crippen LogP contribution in [-0.2, 0) is 14.4 Å². The maximum atomic E-state index is 13.4. The molecule has 11 heteroatoms. The highest BCUT2D eigenvalue weighted by atomic mass is 32.2. The lowest BCUT2D eigenvalue weighted by Crippen LogP contribution is -2.60. The first-order valence-electron chi connectivity index (χ1n) is 11.8. The monoisotopic (exact) mass is 523 g/mol. The Kier molecular flexibility index (Phi) is 7.72. The lowest BCUT2D eigenvalue weighted by molar-refractivity contribution is -0.763. The number of esters is 2. The topological polar surface area (TPSA) is 123 Å². The Hall–Kier alpha value is -3.99. The molecule has 1 aliphatic heterocycles. The molecule has 0 saturated carbocycles. The molecule has 2 heterocycles. The number of unbranched alkanes of at least 4 members (excludes halogenated alkanes) is 1. The van der Waals surface area contributed by atoms with E-state index in [4.69, 9.17) is 14.6 Å². The number of carbonyl (C=O) groups is 3. The number of nitrogens with one attached hydrogen (secondary N) is 1. The van der Waals surface area contributed by atoms with Crippen molar-refractivity contribution < 1.29 is 28.5 Å². The summed E-state index contributed by atoms with van der Waals surface area (Å²) in [6.07, 6.45) is 0.969. The van der Waals surface area contributed by atoms with E-state index in [1.54, 1.807) is 30.3 Å². The lowest BCUT2D eigenvalue weighted by atomic mass is 10.0. The molecule has 37 heavy (non-hydrogen) atoms. The van der Waals surface area contributed by atoms with E-state index in [1.807, 2.05) is 0 Å². The minimum absolute atomic E-state index is 0.0719. The predicted octanol–water partition coefficient (Wildman–Crippen LogP) is 3.38. The van der Waals surface area contributed by atoms with Crippen LogP contribution in [0.1, 0.15) is 52.3 Å². The van der Waals surface area contributed by atoms with E-state index in [2.05, 4.69) is 11.9 Å². The Morgan fingerprint density at radius 2 is 1.81 bits per heavy atom. The van der Waals surface area contributed by atoms with Crippen LogP contribution < -0.4 is 24.6 Å². The van der Waals surface area contributed by atoms with Gasteiger partial charge in [0.05, 0.1) is 16.8 Å². The summed E-state index contributed by atoms with van der Waals surface area (Å²) in [6, 6.07) is 11.6. The fraction of sp³-hybridized carbons (Fsp3) is 0.308. The van der Waals surface area contributed by atoms with Crippen LogP contribution in [-0.4, -0.2) is 33.7 Å². The second-order valence-corrected chi connectivity index (χ2v) is 9.50. The average Bonchev–Trinajstić information content (AvgIpc) is 2.82. The summed E-state index contributed by atoms with van der Waals surface area (Å²) in [6.45, 7) is 5.99. The van der Waals surface area contributed by atoms with Gasteiger partial charge in [-0.2, -0.15) is 0 Å². The number of benzene rings is 2. The molecule has 1 unspecified atom stereocenters. The number of thioether (sulfide) groups is 1. The Bertz CT molecular complexity index is 1440. The maximum Gasteiger partial charge on any atom is 0.325 e. The third-order valence-corrected chi connectivity index (χ3v) is 6.56. The normalized spacial score (nSPS) is 13.9. The van der Waals surface area contributed by atoms with E-state index < -0.39 is 18.1 Å². The number of anilines is 1. The van der Waals surface area contributed by atoms with E-state index in [0.717, 1.165) is 18.6 Å². The van der Waals surface area contributed by atoms with Gasteiger partial charge in [-0.15, -0.1) is 0 Å². The summed E-state index contributed by atoms with van der Waals surface area (Å²) in [5.74, 6) is -0.463. The molecule has 1 N–H and O–H groups in total. The maximum absolute atomic E-state index is 13.4. The molecular formula is C26H27N4O6S+. The number of hydrogen-bond acceptors (Lipinski definition) is 8. The largest absolute Gasteiger partial charge is 0.427 e. The number of para-hydroxylation sites is 1. The van der Waals surface area contributed by atoms with Crippen molar-refractivity contribution >= 4 is 35.3 Å². The Labute approximate surface area is 217 Å². The van der Waals surface area contributed by atoms with Crippen molar-refractivity contribution in [3.05, 3.63) is 58.4 Å². The van der Waals surface area contributed by atoms with Gasteiger partial charge >= 0.3 is 23.2 Å². The first-order valence-corrected chi connectivity index (χ1v) is 12.8. The molecule has 192 valence electrons. The Morgan fingerprint density at radius 1 is 1.08 bits per heavy atom. The minimum Gasteiger partial charge on any atom is -0.427 e. The van der Waals surface area contributed by atoms with E-state index >= 15 is 0 Å². The quantitative estimate of drug-likeness (QED) is 0.164. The molecule has 0 saturated heterocycles. The highest BCUT2D eigenvalue weighted by molar-refractivity contribution is 7.99. The summed E-state index contributed by atoms with van der Waals surface area (Å²) in [5.41, 5.74) is 1.33. The highest BCUT2D eigenvalue weighted by Crippen LogP contribution is 2.40. The van der Waals surface area contributed by atoms with Crippen LogP contribution in [0.25, 0.3) is 11.3 Å². The smallest absolute Gasteiger partial charge is 0.325 e. The van der Waals surface area contributed by atoms with Crippen LogP contribution in [0.2, 0.25) is 0 Å². The van der Waals surface area contributed by atoms with E-state index in [0.29, 0.717) is 22.0 Å². The molecule has 0 fully saturated rings. The van der Waals surface area contributed by atoms with Crippen LogP contribution in [0.3, 0.4) is 0 Å². The zero-order chi connectivity index (χ0) is 26.7. The van der Waals surface area contributed by atoms with Crippen LogP contribution in [0, 0.1) is 0 Å². The number of aromatic nitrogens is 3. The number of carbonyl (C=O) groups excluding carboxylic acids is 3. The highest BCUT2D eigenvalue weighted by Gasteiger charge is 2.46. The third kappa shape index (κ3) is 5.41. The first kappa shape index (κ1) is 26.1. The molecule has 1 amide bonds. The predicted molar refractivity (Wildman–Crippen MR) is 136 cm³/mol. The van der Waals surface area contributed by atoms with Crippen LogP contribution in [0.5, 0.6) is 11.5 Å². The Balaban J connectivity index is 2.00. The van der Waals surface area contributed by atoms with Gasteiger partial charge in [0.15, 0.2) is 0 Å². The molecule has 0 radical (unpaired) electrons. The number of aromatic amines is 1. The zero-order valence-corrected chi connectivity index (χ0v) is 21.8. The molecule has 0 aliphatic carbocycles. The van der Waals surface area contributed by atoms with Crippen molar-refractivity contribution in [2.75, 3.05) is 10.7 Å². The molecule has 4 rings (SSSR count). The van der Waals surface area contributed by atoms with E-state index in [-0.39, 0.29) is 28.7 Å². The van der Waals surface area contributed by atoms with Gasteiger partial charge in [0.25, 0.3) is 6.17 Å². The lowest BCUT2D eigenvalue weighted by Gasteiger charge is -2.31. The molecular weight excluding hydrogens is 496 g/mol. The number of nitrogens with zero attached hydrogens (tertiary/aromatic N) is 3. The van der Waals surface area contributed by atoms with Crippen LogP contribution in [0.4, 0.5) is 5.69 Å². The Morgan fingerprint density at radius 3 is 2.49 bits per heavy atom. The van der Waals surface area contributed by atoms with Crippen molar-refractivity contribution in [3.63, 3.8) is 0 Å². The van der Waals surface area contributed by atoms with Crippen molar-refractivity contribution in [1.29, 1.82) is 0 Å². The zero-order valence-electron chi connectivity index (χ0n) is 20.9. The summed E-state index contributed by atoms with van der Waals surface area (Å²) < 4.78 is 12.2. The molecule has 3 aromatic rings. The molecule has 1 atom stereocenters. The molecule has 1 aromatic heterocycles. The average molecular weight is 524 g/mol. The number of ether oxygens (including phenoxy) is 2. The van der Waals surface area contributed by atoms with Crippen molar-refractivity contribution in [2.24, 2.45) is 0 Å². The number of amides is 1. The van der Waals surface area contributed by atoms with Crippen molar-refractivity contribution in [2.45, 2.75) is 51.9 Å². The van der Waals surface area contributed by atoms with Crippen molar-refractivity contribution in [3.8, 4) is 22.8 Å². The van der Waals surface area contributed by atoms with Gasteiger partial charge in [0.2, 0.25) is 11.1 Å². The van der Waals surface area contributed by atoms with Gasteiger partial charge in [-0.05, 0) is 35.4 Å². The number of hydrogen-bond donors (Lipinski definition) is 1. The fourth-order valence-corrected chi connectivity index (χ4v) is 5.11. The second kappa shape index (κ2) is 11.0. The molecule has 1 aliphatic rings. The minimum atomic E-state index is -0.962. The van der Waals surface area contributed by atoms with Crippen molar-refractivity contribution in [1.82, 2.24) is 10.1 Å². The van der Waals surface area contributed by atoms with Gasteiger partial charge in [-0.25, -0.2) is 4.90 Å². The number of rotatable bonds is 7. The van der Waals surface area contributed by atoms with E-state index in [1.165, 1.54) is 54.2 Å². The van der Waals surface area contributed by atoms with Gasteiger partial charge < -0.3 is 9.47 Å². The molecule has 0 bridgehead atoms. The van der Waals surface area contributed by atoms with Gasteiger partial charge in [0.1, 0.15) is 11.5 Å². The standard InChI is InChI=1S/C26H26N4O6S/c1-5-6-13-37-26-27-24(34)23-19-9-7-8-10-21(19)29(15(2)31)25(30(23)28-26)20-12-11-18(35-16(3)32)14-22(20)36-17(4)33/h7-12,14,25H,5-6,13H2,1-4H3/p+1. The summed E-state index contributed by atoms with van der Waals surface area (Å²) in [7, 11) is 0. The molecule has 0 spiro atoms. The van der Waals surface area contributed by atoms with Gasteiger partial charge in [0, 0.05) is 37.7 Å². The third-order valence-electron chi connectivity index (χ3n) is 5.61. The van der Waals surface area contributed by atoms with Gasteiger partial charge in [-0.1, -0.05) is 37.2 Å². The van der Waals surface area contributed by atoms with E-state index in [9.17, 15) is 19.2 Å². The fourth-order valence-electron chi connectivity index (χ4n) is 4.17. The van der Waals surface area contributed by atoms with Crippen LogP contribution >= 0.6 is 11.8 Å². The van der Waals surface area contributed by atoms with Gasteiger partial charge in [-0.3, -0.25) is 24.2 Å². The number of H-pyrrole nitrogens is 1. The summed E-state index contributed by atoms with van der Waals surface area (Å²) in [5, 5.41) is 5.13. The summed E-state index contributed by atoms with van der Waals surface area (Å²) >= 11 is 1.41.